The number of hydrogen-bond acceptors (Lipinski definition) is 0. The van der Waals surface area contributed by atoms with Gasteiger partial charge in [0, 0.05) is 0 Å². The third-order valence-electron chi connectivity index (χ3n) is 21.0. The minimum Gasteiger partial charge on any atom is -0.0120 e. The van der Waals surface area contributed by atoms with Crippen LogP contribution in [0.25, 0.3) is 0 Å². The standard InChI is InChI=1S/H174Si86/c1-3-5-7-9-11-13-15-17-19-21-23-25-27-29-31-33-35-37-39-41-43-45-47-49-51-53-55-57-59-61-63-65-67-69-71-73-75-77-79-81-83-85-86-84-82-80-78-76-74-72-70-68-66-64-62-60-58-56-54-52-50-48-46-44-42-40-38-36-34-32-30-28-26-24-22-20-18-16-14-12-10-8-6-4-2/h3-86H2,1-2H3. The van der Waals surface area contributed by atoms with Crippen LogP contribution in [0.2, 0.25) is 0 Å². The van der Waals surface area contributed by atoms with Crippen molar-refractivity contribution >= 4 is 738 Å². The molecule has 0 amide bonds. The van der Waals surface area contributed by atoms with Gasteiger partial charge in [-0.1, -0.05) is 0 Å². The first-order valence-electron chi connectivity index (χ1n) is 42.9. The maximum atomic E-state index is 1.76. The van der Waals surface area contributed by atoms with Gasteiger partial charge in [-0.3, -0.25) is 0 Å². The Balaban J connectivity index is 3.08. The fraction of sp³-hybridized carbons (Fsp3) is 0. The van der Waals surface area contributed by atoms with Gasteiger partial charge in [0.1, 0.15) is 0 Å². The molecule has 0 rings (SSSR count). The van der Waals surface area contributed by atoms with Gasteiger partial charge in [-0.05, 0) is 738 Å². The lowest BCUT2D eigenvalue weighted by Gasteiger charge is -2.01. The Morgan fingerprint density at radius 2 is 0.0930 bits per heavy atom. The van der Waals surface area contributed by atoms with E-state index in [0.29, 0.717) is 0 Å². The maximum absolute atomic E-state index is 1.76. The van der Waals surface area contributed by atoms with E-state index in [1.54, 1.807) is 19.5 Å². The van der Waals surface area contributed by atoms with E-state index in [4.69, 9.17) is 0 Å². The quantitative estimate of drug-likeness (QED) is 0.0421. The maximum Gasteiger partial charge on any atom is -0.00934 e. The third-order valence-corrected chi connectivity index (χ3v) is 1700. The number of hydrogen-bond donors (Lipinski definition) is 0. The summed E-state index contributed by atoms with van der Waals surface area (Å²) in [5.74, 6) is 0. The van der Waals surface area contributed by atoms with Crippen molar-refractivity contribution in [1.29, 1.82) is 0 Å². The first kappa shape index (κ1) is 105. The second-order valence-electron chi connectivity index (χ2n) is 30.0. The molecule has 0 aromatic heterocycles. The molecule has 0 bridgehead atoms. The van der Waals surface area contributed by atoms with Crippen LogP contribution >= 0.6 is 0 Å². The minimum absolute atomic E-state index is 0.819. The van der Waals surface area contributed by atoms with E-state index in [1.165, 1.54) is 0 Å². The summed E-state index contributed by atoms with van der Waals surface area (Å²) < 4.78 is 0. The molecule has 0 N–H and O–H groups in total. The zero-order valence-electron chi connectivity index (χ0n) is 61.4. The molecule has 0 atom stereocenters. The molecule has 0 spiro atoms. The van der Waals surface area contributed by atoms with Gasteiger partial charge < -0.3 is 0 Å². The minimum atomic E-state index is 0.819. The molecule has 86 heteroatoms. The van der Waals surface area contributed by atoms with E-state index >= 15 is 0 Å². The van der Waals surface area contributed by atoms with Gasteiger partial charge in [-0.2, -0.15) is 0 Å². The van der Waals surface area contributed by atoms with E-state index < -0.39 is 0 Å². The highest BCUT2D eigenvalue weighted by atomic mass is 30.2. The van der Waals surface area contributed by atoms with Crippen molar-refractivity contribution in [3.05, 3.63) is 0 Å². The molecule has 0 aromatic carbocycles. The molecule has 518 valence electrons. The smallest absolute Gasteiger partial charge is 0.00934 e. The van der Waals surface area contributed by atoms with Crippen molar-refractivity contribution in [1.82, 2.24) is 0 Å². The molecule has 0 radical (unpaired) electrons. The van der Waals surface area contributed by atoms with Gasteiger partial charge >= 0.3 is 0 Å². The molecule has 0 aliphatic rings. The van der Waals surface area contributed by atoms with Crippen molar-refractivity contribution < 1.29 is 0 Å². The normalized spacial score (nSPS) is 23.6. The highest BCUT2D eigenvalue weighted by molar-refractivity contribution is 7.83. The summed E-state index contributed by atoms with van der Waals surface area (Å²) in [4.78, 5) is 0. The Morgan fingerprint density at radius 3 is 0.128 bits per heavy atom. The van der Waals surface area contributed by atoms with E-state index in [-0.39, 0.29) is 0 Å². The van der Waals surface area contributed by atoms with Gasteiger partial charge in [0.2, 0.25) is 0 Å². The van der Waals surface area contributed by atoms with Crippen LogP contribution in [0.4, 0.5) is 0 Å². The van der Waals surface area contributed by atoms with Crippen LogP contribution in [0.3, 0.4) is 0 Å². The highest BCUT2D eigenvalue weighted by Gasteiger charge is 2.07. The lowest BCUT2D eigenvalue weighted by atomic mass is 26.1. The van der Waals surface area contributed by atoms with Gasteiger partial charge in [0.25, 0.3) is 0 Å². The molecule has 0 nitrogen and oxygen atoms in total. The molecular weight excluding hydrogens is 2420 g/mol. The van der Waals surface area contributed by atoms with Crippen molar-refractivity contribution in [3.63, 3.8) is 0 Å². The Bertz CT molecular complexity index is 990. The summed E-state index contributed by atoms with van der Waals surface area (Å²) in [6.45, 7) is 0. The predicted molar refractivity (Wildman–Crippen MR) is 738 cm³/mol. The van der Waals surface area contributed by atoms with Crippen LogP contribution in [0.5, 0.6) is 0 Å². The molecule has 0 fully saturated rings. The zero-order valence-corrected chi connectivity index (χ0v) is 184. The lowest BCUT2D eigenvalue weighted by Crippen LogP contribution is -2.38. The summed E-state index contributed by atoms with van der Waals surface area (Å²) in [5, 5.41) is 0. The predicted octanol–water partition coefficient (Wildman–Crippen LogP) is -79.3. The van der Waals surface area contributed by atoms with Crippen LogP contribution in [0, 0.1) is 0 Å². The zero-order chi connectivity index (χ0) is 61.4. The molecule has 0 aliphatic heterocycles. The van der Waals surface area contributed by atoms with Crippen molar-refractivity contribution in [2.75, 3.05) is 0 Å². The monoisotopic (exact) mass is 2580 g/mol. The van der Waals surface area contributed by atoms with E-state index in [0.717, 1.165) is 719 Å². The van der Waals surface area contributed by atoms with Crippen LogP contribution in [0.1, 0.15) is 0 Å². The van der Waals surface area contributed by atoms with Gasteiger partial charge in [-0.25, -0.2) is 0 Å². The summed E-state index contributed by atoms with van der Waals surface area (Å²) in [6.07, 6.45) is 0. The van der Waals surface area contributed by atoms with Crippen LogP contribution in [-0.2, 0) is 0 Å². The van der Waals surface area contributed by atoms with Crippen LogP contribution < -0.4 is 0 Å². The average molecular weight is 2590 g/mol. The van der Waals surface area contributed by atoms with Gasteiger partial charge in [0.15, 0.2) is 0 Å². The Kier molecular flexibility index (Phi) is 126. The summed E-state index contributed by atoms with van der Waals surface area (Å²) >= 11 is 0. The first-order valence-corrected chi connectivity index (χ1v) is 386. The summed E-state index contributed by atoms with van der Waals surface area (Å²) in [7, 11) is 82.2. The lowest BCUT2D eigenvalue weighted by molar-refractivity contribution is 3.76. The Labute approximate surface area is 723 Å². The fourth-order valence-electron chi connectivity index (χ4n) is 14.6. The van der Waals surface area contributed by atoms with E-state index in [1.807, 2.05) is 0 Å². The molecule has 0 saturated heterocycles. The molecule has 0 saturated carbocycles. The third kappa shape index (κ3) is 103. The van der Waals surface area contributed by atoms with Crippen molar-refractivity contribution in [3.8, 4) is 0 Å². The van der Waals surface area contributed by atoms with Crippen LogP contribution in [0.15, 0.2) is 0 Å². The molecule has 0 aromatic rings. The topological polar surface area (TPSA) is 0 Å². The molecule has 0 aliphatic carbocycles. The second-order valence-corrected chi connectivity index (χ2v) is 810. The molecule has 0 heterocycles. The van der Waals surface area contributed by atoms with Gasteiger partial charge in [0.05, 0.1) is 0 Å². The van der Waals surface area contributed by atoms with Crippen molar-refractivity contribution in [2.45, 2.75) is 0 Å². The molecular formula is H174Si86. The average Bonchev–Trinajstić information content (AvgIpc) is 3.52. The SMILES string of the molecule is [SiH3][SiH2][SiH2][SiH2][SiH2][SiH2][SiH2][SiH2][SiH2][SiH2][SiH2][SiH2][SiH2][SiH2][SiH2][SiH2][SiH2][SiH2][SiH2][SiH2][SiH2][SiH2][SiH2][SiH2][SiH2][SiH2][SiH2][SiH2][SiH2][SiH2][SiH2][SiH2][SiH2][SiH2][SiH2][SiH2][SiH2][SiH2][SiH2][SiH2][SiH2][SiH2][SiH2][SiH2][SiH2][SiH2][SiH2][SiH2][SiH2][SiH2][SiH2][SiH2][SiH2][SiH2][SiH2][SiH2][SiH2][SiH2][SiH2][SiH2][SiH2][SiH2][SiH2][SiH2][SiH2][SiH2][SiH2][SiH2][SiH2][SiH2][SiH2][SiH2][SiH2][SiH2][SiH2][SiH2][SiH2][SiH2][SiH2][SiH2][SiH2][SiH2][SiH2][SiH2][SiH2][SiH3]. The molecule has 86 heavy (non-hydrogen) atoms. The van der Waals surface area contributed by atoms with E-state index in [2.05, 4.69) is 0 Å². The second kappa shape index (κ2) is 104. The fourth-order valence-corrected chi connectivity index (χ4v) is 3560. The summed E-state index contributed by atoms with van der Waals surface area (Å²) in [6, 6.07) is 0. The number of rotatable bonds is 83. The van der Waals surface area contributed by atoms with Gasteiger partial charge in [-0.15, -0.1) is 0 Å². The largest absolute Gasteiger partial charge is 0.0120 e. The first-order chi connectivity index (χ1) is 42.9. The highest BCUT2D eigenvalue weighted by Crippen LogP contribution is 1.70. The Morgan fingerprint density at radius 1 is 0.0581 bits per heavy atom. The molecule has 0 unspecified atom stereocenters. The summed E-state index contributed by atoms with van der Waals surface area (Å²) in [5.41, 5.74) is 0. The van der Waals surface area contributed by atoms with Crippen molar-refractivity contribution in [2.24, 2.45) is 0 Å². The Hall–Kier alpha value is 18.7. The van der Waals surface area contributed by atoms with E-state index in [9.17, 15) is 0 Å². The van der Waals surface area contributed by atoms with Crippen LogP contribution in [-0.4, -0.2) is 738 Å².